The monoisotopic (exact) mass is 613 g/mol. The number of aliphatic hydroxyl groups is 1. The van der Waals surface area contributed by atoms with E-state index in [1.807, 2.05) is 23.8 Å². The van der Waals surface area contributed by atoms with Gasteiger partial charge in [-0.15, -0.1) is 5.10 Å². The Morgan fingerprint density at radius 2 is 1.90 bits per heavy atom. The van der Waals surface area contributed by atoms with Crippen molar-refractivity contribution < 1.29 is 18.7 Å². The van der Waals surface area contributed by atoms with E-state index >= 15 is 4.39 Å². The molecule has 2 aliphatic rings. The molecule has 15 heteroatoms. The minimum absolute atomic E-state index is 0.0834. The number of thiazole rings is 1. The maximum atomic E-state index is 15.2. The molecule has 0 bridgehead atoms. The average Bonchev–Trinajstić information content (AvgIpc) is 3.72. The molecule has 1 N–H and O–H groups in total. The van der Waals surface area contributed by atoms with Crippen LogP contribution in [0, 0.1) is 17.1 Å². The van der Waals surface area contributed by atoms with Crippen molar-refractivity contribution in [3.63, 3.8) is 0 Å². The van der Waals surface area contributed by atoms with Crippen molar-refractivity contribution >= 4 is 49.6 Å². The van der Waals surface area contributed by atoms with Gasteiger partial charge in [-0.05, 0) is 37.7 Å². The lowest BCUT2D eigenvalue weighted by molar-refractivity contribution is -0.142. The first-order valence-corrected chi connectivity index (χ1v) is 15.1. The third kappa shape index (κ3) is 5.08. The molecule has 0 spiro atoms. The molecule has 4 aromatic rings. The Bertz CT molecular complexity index is 1660. The summed E-state index contributed by atoms with van der Waals surface area (Å²) in [5.41, 5.74) is 1.93. The number of fused-ring (bicyclic) bond motifs is 1. The number of nitriles is 1. The van der Waals surface area contributed by atoms with Gasteiger partial charge in [0.05, 0.1) is 30.9 Å². The Labute approximate surface area is 248 Å². The van der Waals surface area contributed by atoms with E-state index in [0.717, 1.165) is 5.69 Å². The Morgan fingerprint density at radius 1 is 1.17 bits per heavy atom. The smallest absolute Gasteiger partial charge is 0.236 e. The molecular formula is C27H29F2N9O2S2. The van der Waals surface area contributed by atoms with Crippen LogP contribution in [0.2, 0.25) is 0 Å². The standard InChI is InChI=1S/C27H29F2N9O2S2/c1-4-19-24(35(3)25-32-23(21(9-30)41-25)15-5-7-16(28)8-6-15)38-26(31-19)42-27(33-38)37-12-18(29)20(13-37)34(2)14-22(40)36-10-17(39)11-36/h5-8,17-18,20,39H,4,10-14H2,1-3H3/t18-,20+/m1/s1. The Balaban J connectivity index is 1.24. The van der Waals surface area contributed by atoms with Crippen molar-refractivity contribution in [3.8, 4) is 17.3 Å². The molecule has 3 aromatic heterocycles. The van der Waals surface area contributed by atoms with Gasteiger partial charge >= 0.3 is 0 Å². The molecule has 11 nitrogen and oxygen atoms in total. The minimum atomic E-state index is -1.17. The van der Waals surface area contributed by atoms with E-state index in [0.29, 0.717) is 63.2 Å². The van der Waals surface area contributed by atoms with E-state index < -0.39 is 18.3 Å². The Kier molecular flexibility index (Phi) is 7.56. The first-order chi connectivity index (χ1) is 20.2. The summed E-state index contributed by atoms with van der Waals surface area (Å²) in [4.78, 5) is 30.1. The van der Waals surface area contributed by atoms with Crippen LogP contribution in [0.1, 0.15) is 17.5 Å². The highest BCUT2D eigenvalue weighted by molar-refractivity contribution is 7.20. The molecule has 0 radical (unpaired) electrons. The summed E-state index contributed by atoms with van der Waals surface area (Å²) in [5.74, 6) is 0.213. The van der Waals surface area contributed by atoms with Gasteiger partial charge in [-0.3, -0.25) is 9.69 Å². The molecule has 42 heavy (non-hydrogen) atoms. The molecule has 2 fully saturated rings. The maximum absolute atomic E-state index is 15.2. The lowest BCUT2D eigenvalue weighted by atomic mass is 10.1. The third-order valence-corrected chi connectivity index (χ3v) is 9.68. The predicted molar refractivity (Wildman–Crippen MR) is 157 cm³/mol. The summed E-state index contributed by atoms with van der Waals surface area (Å²) in [6, 6.07) is 7.59. The lowest BCUT2D eigenvalue weighted by Gasteiger charge is -2.37. The fraction of sp³-hybridized carbons (Fsp3) is 0.444. The molecule has 6 rings (SSSR count). The zero-order valence-electron chi connectivity index (χ0n) is 23.2. The van der Waals surface area contributed by atoms with Gasteiger partial charge in [0, 0.05) is 32.2 Å². The number of β-amino-alcohol motifs (C(OH)–C–C–N with tert-alkyl or cyclic N) is 1. The number of aliphatic hydroxyl groups excluding tert-OH is 1. The van der Waals surface area contributed by atoms with Crippen molar-refractivity contribution in [1.82, 2.24) is 29.4 Å². The number of anilines is 3. The largest absolute Gasteiger partial charge is 0.389 e. The molecule has 220 valence electrons. The zero-order valence-corrected chi connectivity index (χ0v) is 24.9. The molecule has 0 aliphatic carbocycles. The summed E-state index contributed by atoms with van der Waals surface area (Å²) in [6.07, 6.45) is -1.01. The number of carbonyl (C=O) groups excluding carboxylic acids is 1. The molecule has 2 atom stereocenters. The number of amides is 1. The van der Waals surface area contributed by atoms with Gasteiger partial charge in [-0.2, -0.15) is 9.78 Å². The first kappa shape index (κ1) is 28.4. The summed E-state index contributed by atoms with van der Waals surface area (Å²) < 4.78 is 30.4. The van der Waals surface area contributed by atoms with Gasteiger partial charge in [0.1, 0.15) is 28.6 Å². The molecule has 2 aliphatic heterocycles. The number of hydrogen-bond acceptors (Lipinski definition) is 11. The average molecular weight is 614 g/mol. The molecule has 0 unspecified atom stereocenters. The van der Waals surface area contributed by atoms with Crippen LogP contribution in [0.15, 0.2) is 24.3 Å². The fourth-order valence-corrected chi connectivity index (χ4v) is 7.08. The SMILES string of the molecule is CCc1nc2sc(N3C[C@@H](F)[C@@H](N(C)CC(=O)N4CC(O)C4)C3)nn2c1N(C)c1nc(-c2ccc(F)cc2)c(C#N)s1. The minimum Gasteiger partial charge on any atom is -0.389 e. The van der Waals surface area contributed by atoms with Crippen molar-refractivity contribution in [2.75, 3.05) is 56.6 Å². The number of likely N-dealkylation sites (N-methyl/N-ethyl adjacent to an activating group) is 1. The summed E-state index contributed by atoms with van der Waals surface area (Å²) in [6.45, 7) is 3.24. The number of likely N-dealkylation sites (tertiary alicyclic amines) is 1. The van der Waals surface area contributed by atoms with Crippen LogP contribution in [0.5, 0.6) is 0 Å². The van der Waals surface area contributed by atoms with E-state index in [2.05, 4.69) is 6.07 Å². The number of alkyl halides is 1. The van der Waals surface area contributed by atoms with Gasteiger partial charge in [-0.25, -0.2) is 18.7 Å². The van der Waals surface area contributed by atoms with E-state index in [9.17, 15) is 19.6 Å². The van der Waals surface area contributed by atoms with Gasteiger partial charge in [0.2, 0.25) is 16.0 Å². The number of imidazole rings is 1. The predicted octanol–water partition coefficient (Wildman–Crippen LogP) is 2.92. The second kappa shape index (κ2) is 11.2. The Hall–Kier alpha value is -3.71. The number of aryl methyl sites for hydroxylation is 1. The van der Waals surface area contributed by atoms with Crippen LogP contribution < -0.4 is 9.80 Å². The molecule has 1 amide bonds. The van der Waals surface area contributed by atoms with Crippen LogP contribution in [-0.2, 0) is 11.2 Å². The lowest BCUT2D eigenvalue weighted by Crippen LogP contribution is -2.56. The van der Waals surface area contributed by atoms with Crippen molar-refractivity contribution in [1.29, 1.82) is 5.26 Å². The number of hydrogen-bond donors (Lipinski definition) is 1. The second-order valence-corrected chi connectivity index (χ2v) is 12.4. The Morgan fingerprint density at radius 3 is 2.57 bits per heavy atom. The fourth-order valence-electron chi connectivity index (χ4n) is 5.30. The van der Waals surface area contributed by atoms with Crippen LogP contribution >= 0.6 is 22.7 Å². The number of benzene rings is 1. The summed E-state index contributed by atoms with van der Waals surface area (Å²) in [5, 5.41) is 25.2. The molecule has 2 saturated heterocycles. The molecule has 1 aromatic carbocycles. The number of aromatic nitrogens is 4. The summed E-state index contributed by atoms with van der Waals surface area (Å²) in [7, 11) is 3.58. The number of nitrogens with zero attached hydrogens (tertiary/aromatic N) is 9. The quantitative estimate of drug-likeness (QED) is 0.320. The van der Waals surface area contributed by atoms with Gasteiger partial charge in [-0.1, -0.05) is 29.6 Å². The van der Waals surface area contributed by atoms with Gasteiger partial charge in [0.25, 0.3) is 0 Å². The van der Waals surface area contributed by atoms with Crippen LogP contribution in [0.4, 0.5) is 24.9 Å². The van der Waals surface area contributed by atoms with Crippen LogP contribution in [0.3, 0.4) is 0 Å². The number of rotatable bonds is 8. The van der Waals surface area contributed by atoms with E-state index in [1.54, 1.807) is 33.5 Å². The topological polar surface area (TPSA) is 117 Å². The highest BCUT2D eigenvalue weighted by atomic mass is 32.1. The van der Waals surface area contributed by atoms with E-state index in [4.69, 9.17) is 15.1 Å². The first-order valence-electron chi connectivity index (χ1n) is 13.5. The van der Waals surface area contributed by atoms with Crippen LogP contribution in [0.25, 0.3) is 16.2 Å². The number of halogens is 2. The van der Waals surface area contributed by atoms with Crippen LogP contribution in [-0.4, -0.2) is 106 Å². The zero-order chi connectivity index (χ0) is 29.7. The van der Waals surface area contributed by atoms with E-state index in [1.165, 1.54) is 34.8 Å². The summed E-state index contributed by atoms with van der Waals surface area (Å²) >= 11 is 2.59. The third-order valence-electron chi connectivity index (χ3n) is 7.67. The highest BCUT2D eigenvalue weighted by Crippen LogP contribution is 2.38. The maximum Gasteiger partial charge on any atom is 0.236 e. The van der Waals surface area contributed by atoms with Crippen molar-refractivity contribution in [3.05, 3.63) is 40.7 Å². The highest BCUT2D eigenvalue weighted by Gasteiger charge is 2.39. The van der Waals surface area contributed by atoms with Gasteiger partial charge in [0.15, 0.2) is 10.9 Å². The van der Waals surface area contributed by atoms with Crippen molar-refractivity contribution in [2.45, 2.75) is 31.7 Å². The molecular weight excluding hydrogens is 584 g/mol. The molecule has 0 saturated carbocycles. The number of carbonyl (C=O) groups is 1. The second-order valence-electron chi connectivity index (χ2n) is 10.5. The normalized spacial score (nSPS) is 19.1. The van der Waals surface area contributed by atoms with Gasteiger partial charge < -0.3 is 19.8 Å². The van der Waals surface area contributed by atoms with E-state index in [-0.39, 0.29) is 24.8 Å². The molecule has 5 heterocycles. The van der Waals surface area contributed by atoms with Crippen molar-refractivity contribution in [2.24, 2.45) is 0 Å².